The van der Waals surface area contributed by atoms with E-state index in [1.165, 1.54) is 6.26 Å². The minimum absolute atomic E-state index is 0.262. The Labute approximate surface area is 126 Å². The zero-order valence-corrected chi connectivity index (χ0v) is 13.6. The minimum Gasteiger partial charge on any atom is -0.377 e. The van der Waals surface area contributed by atoms with Crippen LogP contribution in [-0.2, 0) is 19.2 Å². The smallest absolute Gasteiger partial charge is 0.189 e. The molecule has 1 aromatic heterocycles. The van der Waals surface area contributed by atoms with E-state index >= 15 is 0 Å². The maximum atomic E-state index is 12.3. The highest BCUT2D eigenvalue weighted by Crippen LogP contribution is 2.52. The molecule has 2 aliphatic rings. The summed E-state index contributed by atoms with van der Waals surface area (Å²) in [5.74, 6) is 0.864. The molecule has 1 aliphatic carbocycles. The van der Waals surface area contributed by atoms with E-state index < -0.39 is 14.5 Å². The van der Waals surface area contributed by atoms with Crippen molar-refractivity contribution in [1.29, 1.82) is 4.78 Å². The second-order valence-corrected chi connectivity index (χ2v) is 8.58. The Hall–Kier alpha value is -1.15. The molecule has 0 aromatic carbocycles. The third-order valence-corrected chi connectivity index (χ3v) is 6.51. The van der Waals surface area contributed by atoms with E-state index in [2.05, 4.69) is 21.8 Å². The molecule has 114 valence electrons. The van der Waals surface area contributed by atoms with Crippen molar-refractivity contribution in [2.24, 2.45) is 0 Å². The number of hydrogen-bond donors (Lipinski definition) is 1. The molecule has 1 unspecified atom stereocenters. The molecule has 0 spiro atoms. The van der Waals surface area contributed by atoms with Crippen LogP contribution in [0.15, 0.2) is 6.07 Å². The third-order valence-electron chi connectivity index (χ3n) is 4.40. The monoisotopic (exact) mass is 308 g/mol. The number of rotatable bonds is 3. The van der Waals surface area contributed by atoms with Crippen molar-refractivity contribution >= 4 is 29.1 Å². The summed E-state index contributed by atoms with van der Waals surface area (Å²) in [5.41, 5.74) is 1.45. The first kappa shape index (κ1) is 14.8. The number of aromatic nitrogens is 2. The molecule has 21 heavy (non-hydrogen) atoms. The maximum absolute atomic E-state index is 12.3. The normalized spacial score (nSPS) is 27.1. The van der Waals surface area contributed by atoms with Crippen LogP contribution in [0.5, 0.6) is 0 Å². The molecule has 0 amide bonds. The van der Waals surface area contributed by atoms with Crippen molar-refractivity contribution in [2.75, 3.05) is 30.9 Å². The molecule has 2 fully saturated rings. The Balaban J connectivity index is 2.01. The molecule has 0 radical (unpaired) electrons. The van der Waals surface area contributed by atoms with Crippen LogP contribution in [0.25, 0.3) is 0 Å². The van der Waals surface area contributed by atoms with Gasteiger partial charge >= 0.3 is 0 Å². The molecule has 1 saturated heterocycles. The molecule has 2 heterocycles. The van der Waals surface area contributed by atoms with Gasteiger partial charge in [-0.25, -0.2) is 14.2 Å². The average molecular weight is 308 g/mol. The van der Waals surface area contributed by atoms with Gasteiger partial charge in [-0.1, -0.05) is 0 Å². The number of anilines is 1. The average Bonchev–Trinajstić information content (AvgIpc) is 3.19. The lowest BCUT2D eigenvalue weighted by Gasteiger charge is -2.34. The van der Waals surface area contributed by atoms with E-state index in [0.29, 0.717) is 18.9 Å². The molecule has 8 heteroatoms. The Kier molecular flexibility index (Phi) is 3.48. The van der Waals surface area contributed by atoms with Crippen molar-refractivity contribution in [3.8, 4) is 0 Å². The van der Waals surface area contributed by atoms with E-state index in [-0.39, 0.29) is 6.04 Å². The fourth-order valence-corrected chi connectivity index (χ4v) is 4.34. The highest BCUT2D eigenvalue weighted by molar-refractivity contribution is 7.92. The van der Waals surface area contributed by atoms with Crippen molar-refractivity contribution in [3.05, 3.63) is 11.8 Å². The number of ether oxygens (including phenoxy) is 1. The third kappa shape index (κ3) is 2.55. The highest BCUT2D eigenvalue weighted by Gasteiger charge is 2.53. The van der Waals surface area contributed by atoms with Crippen molar-refractivity contribution in [3.63, 3.8) is 0 Å². The first-order chi connectivity index (χ1) is 9.83. The van der Waals surface area contributed by atoms with Gasteiger partial charge in [0.1, 0.15) is 5.82 Å². The van der Waals surface area contributed by atoms with Gasteiger partial charge in [-0.3, -0.25) is 4.78 Å². The van der Waals surface area contributed by atoms with E-state index in [1.54, 1.807) is 0 Å². The second-order valence-electron chi connectivity index (χ2n) is 6.11. The number of nitrogens with one attached hydrogen (secondary N) is 1. The SMILES string of the molecule is Bc1nc(N2CCOC[C@H]2C)cc(C2(S(C)(=N)=O)CC2)n1. The first-order valence-electron chi connectivity index (χ1n) is 7.27. The van der Waals surface area contributed by atoms with Gasteiger partial charge in [0, 0.05) is 18.9 Å². The zero-order valence-electron chi connectivity index (χ0n) is 12.8. The van der Waals surface area contributed by atoms with Crippen LogP contribution in [0.2, 0.25) is 0 Å². The van der Waals surface area contributed by atoms with Crippen LogP contribution in [0.3, 0.4) is 0 Å². The Morgan fingerprint density at radius 1 is 1.52 bits per heavy atom. The number of morpholine rings is 1. The van der Waals surface area contributed by atoms with Crippen LogP contribution < -0.4 is 10.6 Å². The quantitative estimate of drug-likeness (QED) is 0.771. The summed E-state index contributed by atoms with van der Waals surface area (Å²) in [7, 11) is -0.799. The van der Waals surface area contributed by atoms with Gasteiger partial charge in [0.2, 0.25) is 0 Å². The number of nitrogens with zero attached hydrogens (tertiary/aromatic N) is 3. The largest absolute Gasteiger partial charge is 0.377 e. The highest BCUT2D eigenvalue weighted by atomic mass is 32.2. The summed E-state index contributed by atoms with van der Waals surface area (Å²) in [6.45, 7) is 4.28. The van der Waals surface area contributed by atoms with Gasteiger partial charge in [0.15, 0.2) is 7.85 Å². The Morgan fingerprint density at radius 2 is 2.24 bits per heavy atom. The van der Waals surface area contributed by atoms with Crippen LogP contribution in [-0.4, -0.2) is 54.1 Å². The van der Waals surface area contributed by atoms with Crippen molar-refractivity contribution in [1.82, 2.24) is 9.97 Å². The zero-order chi connectivity index (χ0) is 15.3. The molecule has 6 nitrogen and oxygen atoms in total. The van der Waals surface area contributed by atoms with Gasteiger partial charge in [-0.2, -0.15) is 0 Å². The minimum atomic E-state index is -2.66. The first-order valence-corrected chi connectivity index (χ1v) is 9.24. The predicted molar refractivity (Wildman–Crippen MR) is 85.5 cm³/mol. The van der Waals surface area contributed by atoms with E-state index in [0.717, 1.165) is 30.9 Å². The second kappa shape index (κ2) is 4.95. The van der Waals surface area contributed by atoms with Crippen LogP contribution in [0.4, 0.5) is 5.82 Å². The number of hydrogen-bond acceptors (Lipinski definition) is 6. The van der Waals surface area contributed by atoms with E-state index in [1.807, 2.05) is 13.9 Å². The van der Waals surface area contributed by atoms with Crippen LogP contribution >= 0.6 is 0 Å². The fourth-order valence-electron chi connectivity index (χ4n) is 2.96. The van der Waals surface area contributed by atoms with Crippen LogP contribution in [0, 0.1) is 4.78 Å². The summed E-state index contributed by atoms with van der Waals surface area (Å²) < 4.78 is 25.2. The summed E-state index contributed by atoms with van der Waals surface area (Å²) >= 11 is 0. The van der Waals surface area contributed by atoms with Crippen molar-refractivity contribution in [2.45, 2.75) is 30.6 Å². The molecule has 3 rings (SSSR count). The molecule has 1 aromatic rings. The van der Waals surface area contributed by atoms with E-state index in [9.17, 15) is 4.21 Å². The topological polar surface area (TPSA) is 79.2 Å². The van der Waals surface area contributed by atoms with Gasteiger partial charge in [0.05, 0.1) is 45.1 Å². The van der Waals surface area contributed by atoms with Gasteiger partial charge < -0.3 is 9.64 Å². The molecule has 1 N–H and O–H groups in total. The fraction of sp³-hybridized carbons (Fsp3) is 0.692. The Bertz CT molecular complexity index is 660. The molecular weight excluding hydrogens is 287 g/mol. The summed E-state index contributed by atoms with van der Waals surface area (Å²) in [6.07, 6.45) is 3.08. The lowest BCUT2D eigenvalue weighted by atomic mass is 10.1. The lowest BCUT2D eigenvalue weighted by Crippen LogP contribution is -2.45. The van der Waals surface area contributed by atoms with E-state index in [4.69, 9.17) is 9.52 Å². The van der Waals surface area contributed by atoms with Gasteiger partial charge in [-0.15, -0.1) is 0 Å². The van der Waals surface area contributed by atoms with Crippen molar-refractivity contribution < 1.29 is 8.95 Å². The van der Waals surface area contributed by atoms with Crippen LogP contribution in [0.1, 0.15) is 25.5 Å². The Morgan fingerprint density at radius 3 is 2.81 bits per heavy atom. The summed E-state index contributed by atoms with van der Waals surface area (Å²) in [4.78, 5) is 11.2. The summed E-state index contributed by atoms with van der Waals surface area (Å²) in [5, 5.41) is 0. The molecule has 2 atom stereocenters. The maximum Gasteiger partial charge on any atom is 0.189 e. The molecule has 0 bridgehead atoms. The van der Waals surface area contributed by atoms with Gasteiger partial charge in [0.25, 0.3) is 0 Å². The van der Waals surface area contributed by atoms with Gasteiger partial charge in [-0.05, 0) is 19.8 Å². The molecule has 1 saturated carbocycles. The lowest BCUT2D eigenvalue weighted by molar-refractivity contribution is 0.0985. The predicted octanol–water partition coefficient (Wildman–Crippen LogP) is -0.374. The molecular formula is C13H21BN4O2S. The summed E-state index contributed by atoms with van der Waals surface area (Å²) in [6, 6.07) is 2.19. The molecule has 1 aliphatic heterocycles. The standard InChI is InChI=1S/C13H21BN4O2S/c1-9-8-20-6-5-18(9)11-7-10(16-12(14)17-11)13(3-4-13)21(2,15)19/h7,9,15H,3-6,8,14H2,1-2H3/t9-,21?/m1/s1.